The van der Waals surface area contributed by atoms with Crippen molar-refractivity contribution in [1.29, 1.82) is 0 Å². The molecule has 1 aliphatic rings. The molecule has 0 bridgehead atoms. The van der Waals surface area contributed by atoms with E-state index in [1.165, 1.54) is 0 Å². The minimum atomic E-state index is -0.455. The number of pyridine rings is 1. The molecule has 1 saturated carbocycles. The van der Waals surface area contributed by atoms with Gasteiger partial charge in [-0.2, -0.15) is 14.6 Å². The van der Waals surface area contributed by atoms with Crippen molar-refractivity contribution in [1.82, 2.24) is 24.4 Å². The molecule has 0 radical (unpaired) electrons. The second kappa shape index (κ2) is 5.52. The van der Waals surface area contributed by atoms with Gasteiger partial charge >= 0.3 is 0 Å². The van der Waals surface area contributed by atoms with Crippen LogP contribution in [0, 0.1) is 0 Å². The van der Waals surface area contributed by atoms with E-state index < -0.39 is 5.41 Å². The molecule has 128 valence electrons. The van der Waals surface area contributed by atoms with Crippen LogP contribution in [0.1, 0.15) is 18.4 Å². The Balaban J connectivity index is 1.47. The Labute approximate surface area is 149 Å². The number of anilines is 1. The molecule has 0 unspecified atom stereocenters. The molecule has 1 N–H and O–H groups in total. The number of fused-ring (bicyclic) bond motifs is 1. The van der Waals surface area contributed by atoms with Gasteiger partial charge in [-0.05, 0) is 36.6 Å². The van der Waals surface area contributed by atoms with Crippen molar-refractivity contribution in [3.05, 3.63) is 72.6 Å². The molecule has 7 nitrogen and oxygen atoms in total. The molecule has 0 atom stereocenters. The number of hydrogen-bond donors (Lipinski definition) is 1. The van der Waals surface area contributed by atoms with Crippen LogP contribution in [-0.2, 0) is 10.2 Å². The Morgan fingerprint density at radius 1 is 1.04 bits per heavy atom. The van der Waals surface area contributed by atoms with Gasteiger partial charge in [0.1, 0.15) is 0 Å². The Morgan fingerprint density at radius 3 is 2.62 bits per heavy atom. The second-order valence-corrected chi connectivity index (χ2v) is 6.44. The zero-order valence-electron chi connectivity index (χ0n) is 13.9. The molecule has 1 aromatic carbocycles. The first-order valence-corrected chi connectivity index (χ1v) is 8.49. The van der Waals surface area contributed by atoms with Crippen molar-refractivity contribution in [2.45, 2.75) is 18.3 Å². The van der Waals surface area contributed by atoms with Gasteiger partial charge in [0, 0.05) is 12.4 Å². The second-order valence-electron chi connectivity index (χ2n) is 6.44. The summed E-state index contributed by atoms with van der Waals surface area (Å²) in [7, 11) is 0. The maximum absolute atomic E-state index is 12.9. The molecule has 5 rings (SSSR count). The standard InChI is InChI=1S/C19H16N6O/c26-17(19(10-11-19)14-6-2-1-3-7-14)22-18-21-15-8-4-9-16(25(15)23-18)24-13-5-12-20-24/h1-9,12-13H,10-11H2,(H,22,23,26). The Morgan fingerprint density at radius 2 is 1.88 bits per heavy atom. The average Bonchev–Trinajstić information content (AvgIpc) is 3.11. The third kappa shape index (κ3) is 2.28. The fourth-order valence-electron chi connectivity index (χ4n) is 3.27. The van der Waals surface area contributed by atoms with Gasteiger partial charge in [-0.1, -0.05) is 36.4 Å². The fraction of sp³-hybridized carbons (Fsp3) is 0.158. The van der Waals surface area contributed by atoms with Crippen LogP contribution in [-0.4, -0.2) is 30.3 Å². The van der Waals surface area contributed by atoms with Crippen LogP contribution in [0.5, 0.6) is 0 Å². The average molecular weight is 344 g/mol. The summed E-state index contributed by atoms with van der Waals surface area (Å²) in [6, 6.07) is 17.3. The number of rotatable bonds is 4. The molecule has 26 heavy (non-hydrogen) atoms. The van der Waals surface area contributed by atoms with E-state index in [1.807, 2.05) is 60.8 Å². The summed E-state index contributed by atoms with van der Waals surface area (Å²) in [5, 5.41) is 11.6. The SMILES string of the molecule is O=C(Nc1nc2cccc(-n3cccn3)n2n1)C1(c2ccccc2)CC1. The van der Waals surface area contributed by atoms with Crippen molar-refractivity contribution in [3.63, 3.8) is 0 Å². The number of aromatic nitrogens is 5. The van der Waals surface area contributed by atoms with Crippen LogP contribution >= 0.6 is 0 Å². The lowest BCUT2D eigenvalue weighted by molar-refractivity contribution is -0.118. The number of nitrogens with zero attached hydrogens (tertiary/aromatic N) is 5. The van der Waals surface area contributed by atoms with Crippen molar-refractivity contribution in [3.8, 4) is 5.82 Å². The molecule has 3 heterocycles. The summed E-state index contributed by atoms with van der Waals surface area (Å²) in [5.41, 5.74) is 1.24. The predicted octanol–water partition coefficient (Wildman–Crippen LogP) is 2.59. The third-order valence-electron chi connectivity index (χ3n) is 4.82. The monoisotopic (exact) mass is 344 g/mol. The molecule has 0 spiro atoms. The minimum Gasteiger partial charge on any atom is -0.292 e. The highest BCUT2D eigenvalue weighted by Gasteiger charge is 2.51. The van der Waals surface area contributed by atoms with Crippen molar-refractivity contribution < 1.29 is 4.79 Å². The van der Waals surface area contributed by atoms with Crippen molar-refractivity contribution in [2.75, 3.05) is 5.32 Å². The van der Waals surface area contributed by atoms with E-state index in [1.54, 1.807) is 15.4 Å². The van der Waals surface area contributed by atoms with E-state index in [0.29, 0.717) is 11.6 Å². The summed E-state index contributed by atoms with van der Waals surface area (Å²) in [6.45, 7) is 0. The Bertz CT molecular complexity index is 1080. The summed E-state index contributed by atoms with van der Waals surface area (Å²) in [6.07, 6.45) is 5.22. The minimum absolute atomic E-state index is 0.0553. The number of carbonyl (C=O) groups excluding carboxylic acids is 1. The number of amides is 1. The van der Waals surface area contributed by atoms with Crippen LogP contribution in [0.2, 0.25) is 0 Å². The molecule has 0 saturated heterocycles. The predicted molar refractivity (Wildman–Crippen MR) is 96.1 cm³/mol. The van der Waals surface area contributed by atoms with Gasteiger partial charge in [-0.15, -0.1) is 5.10 Å². The highest BCUT2D eigenvalue weighted by Crippen LogP contribution is 2.48. The Hall–Kier alpha value is -3.48. The molecule has 0 aliphatic heterocycles. The third-order valence-corrected chi connectivity index (χ3v) is 4.82. The van der Waals surface area contributed by atoms with E-state index in [2.05, 4.69) is 20.5 Å². The largest absolute Gasteiger partial charge is 0.292 e. The van der Waals surface area contributed by atoms with Gasteiger partial charge in [-0.25, -0.2) is 4.68 Å². The lowest BCUT2D eigenvalue weighted by Crippen LogP contribution is -2.28. The molecule has 1 amide bonds. The van der Waals surface area contributed by atoms with Crippen LogP contribution in [0.3, 0.4) is 0 Å². The number of hydrogen-bond acceptors (Lipinski definition) is 4. The number of carbonyl (C=O) groups is 1. The van der Waals surface area contributed by atoms with Crippen LogP contribution in [0.15, 0.2) is 67.0 Å². The quantitative estimate of drug-likeness (QED) is 0.617. The zero-order valence-corrected chi connectivity index (χ0v) is 13.9. The summed E-state index contributed by atoms with van der Waals surface area (Å²) < 4.78 is 3.38. The lowest BCUT2D eigenvalue weighted by Gasteiger charge is -2.13. The van der Waals surface area contributed by atoms with Gasteiger partial charge in [0.2, 0.25) is 11.9 Å². The lowest BCUT2D eigenvalue weighted by atomic mass is 9.95. The highest BCUT2D eigenvalue weighted by atomic mass is 16.2. The normalized spacial score (nSPS) is 15.1. The number of nitrogens with one attached hydrogen (secondary N) is 1. The maximum atomic E-state index is 12.9. The van der Waals surface area contributed by atoms with E-state index in [9.17, 15) is 4.79 Å². The summed E-state index contributed by atoms with van der Waals surface area (Å²) in [4.78, 5) is 17.3. The van der Waals surface area contributed by atoms with Crippen molar-refractivity contribution in [2.24, 2.45) is 0 Å². The summed E-state index contributed by atoms with van der Waals surface area (Å²) in [5.74, 6) is 1.00. The first-order valence-electron chi connectivity index (χ1n) is 8.49. The molecule has 1 fully saturated rings. The summed E-state index contributed by atoms with van der Waals surface area (Å²) >= 11 is 0. The van der Waals surface area contributed by atoms with E-state index >= 15 is 0 Å². The highest BCUT2D eigenvalue weighted by molar-refractivity contribution is 6.00. The molecule has 4 aromatic rings. The topological polar surface area (TPSA) is 77.1 Å². The van der Waals surface area contributed by atoms with Crippen molar-refractivity contribution >= 4 is 17.5 Å². The number of benzene rings is 1. The molecule has 1 aliphatic carbocycles. The molecular weight excluding hydrogens is 328 g/mol. The van der Waals surface area contributed by atoms with E-state index in [4.69, 9.17) is 0 Å². The first-order chi connectivity index (χ1) is 12.8. The smallest absolute Gasteiger partial charge is 0.249 e. The fourth-order valence-corrected chi connectivity index (χ4v) is 3.27. The van der Waals surface area contributed by atoms with Gasteiger partial charge in [0.25, 0.3) is 0 Å². The van der Waals surface area contributed by atoms with Crippen LogP contribution in [0.4, 0.5) is 5.95 Å². The molecule has 3 aromatic heterocycles. The first kappa shape index (κ1) is 14.8. The Kier molecular flexibility index (Phi) is 3.15. The van der Waals surface area contributed by atoms with E-state index in [-0.39, 0.29) is 5.91 Å². The molecular formula is C19H16N6O. The zero-order chi connectivity index (χ0) is 17.6. The van der Waals surface area contributed by atoms with Crippen LogP contribution < -0.4 is 5.32 Å². The van der Waals surface area contributed by atoms with Crippen LogP contribution in [0.25, 0.3) is 11.5 Å². The van der Waals surface area contributed by atoms with Gasteiger partial charge in [0.05, 0.1) is 5.41 Å². The van der Waals surface area contributed by atoms with E-state index in [0.717, 1.165) is 24.2 Å². The van der Waals surface area contributed by atoms with Gasteiger partial charge in [-0.3, -0.25) is 10.1 Å². The maximum Gasteiger partial charge on any atom is 0.249 e. The van der Waals surface area contributed by atoms with Gasteiger partial charge in [0.15, 0.2) is 11.5 Å². The van der Waals surface area contributed by atoms with Gasteiger partial charge < -0.3 is 0 Å². The molecule has 7 heteroatoms.